The van der Waals surface area contributed by atoms with Gasteiger partial charge in [0.1, 0.15) is 12.2 Å². The Hall–Kier alpha value is -1.75. The SMILES string of the molecule is COC(=O)c1cccc(OC)c1OCC(C)N. The Morgan fingerprint density at radius 1 is 1.41 bits per heavy atom. The number of rotatable bonds is 5. The smallest absolute Gasteiger partial charge is 0.341 e. The van der Waals surface area contributed by atoms with Gasteiger partial charge in [-0.1, -0.05) is 6.07 Å². The van der Waals surface area contributed by atoms with Crippen LogP contribution >= 0.6 is 0 Å². The molecule has 0 heterocycles. The van der Waals surface area contributed by atoms with Gasteiger partial charge in [-0.3, -0.25) is 0 Å². The van der Waals surface area contributed by atoms with Gasteiger partial charge in [-0.25, -0.2) is 4.79 Å². The van der Waals surface area contributed by atoms with Crippen LogP contribution < -0.4 is 15.2 Å². The second kappa shape index (κ2) is 6.10. The van der Waals surface area contributed by atoms with E-state index in [9.17, 15) is 4.79 Å². The zero-order valence-electron chi connectivity index (χ0n) is 10.2. The van der Waals surface area contributed by atoms with Crippen LogP contribution in [0.3, 0.4) is 0 Å². The number of ether oxygens (including phenoxy) is 3. The molecule has 5 heteroatoms. The average Bonchev–Trinajstić information content (AvgIpc) is 2.34. The van der Waals surface area contributed by atoms with Crippen molar-refractivity contribution < 1.29 is 19.0 Å². The molecule has 94 valence electrons. The van der Waals surface area contributed by atoms with Crippen molar-refractivity contribution in [2.24, 2.45) is 5.73 Å². The normalized spacial score (nSPS) is 11.8. The Morgan fingerprint density at radius 3 is 2.65 bits per heavy atom. The standard InChI is InChI=1S/C12H17NO4/c1-8(13)7-17-11-9(12(14)16-3)5-4-6-10(11)15-2/h4-6,8H,7,13H2,1-3H3. The molecule has 0 saturated carbocycles. The molecule has 0 fully saturated rings. The van der Waals surface area contributed by atoms with Gasteiger partial charge in [-0.05, 0) is 19.1 Å². The van der Waals surface area contributed by atoms with E-state index in [0.717, 1.165) is 0 Å². The van der Waals surface area contributed by atoms with Gasteiger partial charge in [0.2, 0.25) is 0 Å². The van der Waals surface area contributed by atoms with Gasteiger partial charge in [-0.2, -0.15) is 0 Å². The molecule has 0 aromatic heterocycles. The molecule has 0 aliphatic rings. The maximum Gasteiger partial charge on any atom is 0.341 e. The minimum atomic E-state index is -0.469. The first-order valence-electron chi connectivity index (χ1n) is 5.23. The maximum atomic E-state index is 11.6. The lowest BCUT2D eigenvalue weighted by molar-refractivity contribution is 0.0595. The third-order valence-electron chi connectivity index (χ3n) is 2.09. The van der Waals surface area contributed by atoms with Crippen molar-refractivity contribution in [1.29, 1.82) is 0 Å². The zero-order chi connectivity index (χ0) is 12.8. The summed E-state index contributed by atoms with van der Waals surface area (Å²) in [4.78, 5) is 11.6. The molecule has 17 heavy (non-hydrogen) atoms. The topological polar surface area (TPSA) is 70.8 Å². The zero-order valence-corrected chi connectivity index (χ0v) is 10.2. The molecule has 0 amide bonds. The highest BCUT2D eigenvalue weighted by Gasteiger charge is 2.17. The van der Waals surface area contributed by atoms with Crippen LogP contribution in [0, 0.1) is 0 Å². The number of benzene rings is 1. The Morgan fingerprint density at radius 2 is 2.12 bits per heavy atom. The van der Waals surface area contributed by atoms with Crippen LogP contribution in [0.15, 0.2) is 18.2 Å². The molecule has 0 spiro atoms. The Labute approximate surface area is 100 Å². The molecule has 0 radical (unpaired) electrons. The molecule has 5 nitrogen and oxygen atoms in total. The third-order valence-corrected chi connectivity index (χ3v) is 2.09. The van der Waals surface area contributed by atoms with Crippen molar-refractivity contribution in [1.82, 2.24) is 0 Å². The average molecular weight is 239 g/mol. The van der Waals surface area contributed by atoms with Crippen LogP contribution in [-0.2, 0) is 4.74 Å². The van der Waals surface area contributed by atoms with E-state index in [1.54, 1.807) is 18.2 Å². The van der Waals surface area contributed by atoms with Crippen LogP contribution in [0.25, 0.3) is 0 Å². The second-order valence-corrected chi connectivity index (χ2v) is 3.62. The van der Waals surface area contributed by atoms with E-state index in [0.29, 0.717) is 23.7 Å². The fourth-order valence-electron chi connectivity index (χ4n) is 1.31. The van der Waals surface area contributed by atoms with Crippen molar-refractivity contribution in [2.45, 2.75) is 13.0 Å². The van der Waals surface area contributed by atoms with Crippen LogP contribution in [0.4, 0.5) is 0 Å². The van der Waals surface area contributed by atoms with Crippen molar-refractivity contribution in [3.63, 3.8) is 0 Å². The van der Waals surface area contributed by atoms with Crippen LogP contribution in [-0.4, -0.2) is 32.8 Å². The van der Waals surface area contributed by atoms with Gasteiger partial charge >= 0.3 is 5.97 Å². The molecule has 0 saturated heterocycles. The predicted octanol–water partition coefficient (Wildman–Crippen LogP) is 1.21. The molecule has 1 aromatic rings. The van der Waals surface area contributed by atoms with E-state index in [-0.39, 0.29) is 6.04 Å². The molecule has 1 rings (SSSR count). The van der Waals surface area contributed by atoms with E-state index < -0.39 is 5.97 Å². The molecule has 0 aliphatic heterocycles. The lowest BCUT2D eigenvalue weighted by Gasteiger charge is -2.15. The second-order valence-electron chi connectivity index (χ2n) is 3.62. The summed E-state index contributed by atoms with van der Waals surface area (Å²) in [5.41, 5.74) is 5.93. The molecular weight excluding hydrogens is 222 g/mol. The highest BCUT2D eigenvalue weighted by Crippen LogP contribution is 2.31. The van der Waals surface area contributed by atoms with E-state index in [1.165, 1.54) is 14.2 Å². The van der Waals surface area contributed by atoms with Crippen LogP contribution in [0.2, 0.25) is 0 Å². The monoisotopic (exact) mass is 239 g/mol. The molecule has 0 aliphatic carbocycles. The van der Waals surface area contributed by atoms with E-state index in [4.69, 9.17) is 15.2 Å². The molecule has 1 aromatic carbocycles. The van der Waals surface area contributed by atoms with Crippen molar-refractivity contribution in [2.75, 3.05) is 20.8 Å². The number of esters is 1. The van der Waals surface area contributed by atoms with Gasteiger partial charge in [0.25, 0.3) is 0 Å². The highest BCUT2D eigenvalue weighted by atomic mass is 16.5. The highest BCUT2D eigenvalue weighted by molar-refractivity contribution is 5.93. The number of hydrogen-bond donors (Lipinski definition) is 1. The molecule has 2 N–H and O–H groups in total. The lowest BCUT2D eigenvalue weighted by atomic mass is 10.2. The van der Waals surface area contributed by atoms with Gasteiger partial charge in [-0.15, -0.1) is 0 Å². The Kier molecular flexibility index (Phi) is 4.78. The first kappa shape index (κ1) is 13.3. The van der Waals surface area contributed by atoms with Crippen LogP contribution in [0.1, 0.15) is 17.3 Å². The van der Waals surface area contributed by atoms with Gasteiger partial charge in [0.05, 0.1) is 14.2 Å². The quantitative estimate of drug-likeness (QED) is 0.782. The summed E-state index contributed by atoms with van der Waals surface area (Å²) in [5, 5.41) is 0. The summed E-state index contributed by atoms with van der Waals surface area (Å²) in [6, 6.07) is 4.89. The number of methoxy groups -OCH3 is 2. The summed E-state index contributed by atoms with van der Waals surface area (Å²) in [5.74, 6) is 0.372. The predicted molar refractivity (Wildman–Crippen MR) is 63.5 cm³/mol. The first-order valence-corrected chi connectivity index (χ1v) is 5.23. The molecule has 1 unspecified atom stereocenters. The number of hydrogen-bond acceptors (Lipinski definition) is 5. The molecule has 0 bridgehead atoms. The van der Waals surface area contributed by atoms with E-state index in [2.05, 4.69) is 4.74 Å². The van der Waals surface area contributed by atoms with Crippen molar-refractivity contribution in [3.8, 4) is 11.5 Å². The minimum absolute atomic E-state index is 0.134. The summed E-state index contributed by atoms with van der Waals surface area (Å²) in [6.45, 7) is 2.11. The van der Waals surface area contributed by atoms with Crippen molar-refractivity contribution >= 4 is 5.97 Å². The van der Waals surface area contributed by atoms with E-state index in [1.807, 2.05) is 6.92 Å². The minimum Gasteiger partial charge on any atom is -0.493 e. The number of para-hydroxylation sites is 1. The summed E-state index contributed by atoms with van der Waals surface area (Å²) >= 11 is 0. The molecule has 1 atom stereocenters. The number of carbonyl (C=O) groups excluding carboxylic acids is 1. The third kappa shape index (κ3) is 3.35. The Bertz CT molecular complexity index is 390. The number of carbonyl (C=O) groups is 1. The summed E-state index contributed by atoms with van der Waals surface area (Å²) in [7, 11) is 2.83. The van der Waals surface area contributed by atoms with E-state index >= 15 is 0 Å². The maximum absolute atomic E-state index is 11.6. The van der Waals surface area contributed by atoms with Crippen LogP contribution in [0.5, 0.6) is 11.5 Å². The Balaban J connectivity index is 3.06. The van der Waals surface area contributed by atoms with Crippen molar-refractivity contribution in [3.05, 3.63) is 23.8 Å². The fraction of sp³-hybridized carbons (Fsp3) is 0.417. The first-order chi connectivity index (χ1) is 8.10. The summed E-state index contributed by atoms with van der Waals surface area (Å²) < 4.78 is 15.3. The largest absolute Gasteiger partial charge is 0.493 e. The van der Waals surface area contributed by atoms with Gasteiger partial charge in [0, 0.05) is 6.04 Å². The number of nitrogens with two attached hydrogens (primary N) is 1. The van der Waals surface area contributed by atoms with Gasteiger partial charge < -0.3 is 19.9 Å². The van der Waals surface area contributed by atoms with Gasteiger partial charge in [0.15, 0.2) is 11.5 Å². The molecular formula is C12H17NO4. The summed E-state index contributed by atoms with van der Waals surface area (Å²) in [6.07, 6.45) is 0. The fourth-order valence-corrected chi connectivity index (χ4v) is 1.31. The lowest BCUT2D eigenvalue weighted by Crippen LogP contribution is -2.24.